The van der Waals surface area contributed by atoms with Crippen LogP contribution >= 0.6 is 0 Å². The highest BCUT2D eigenvalue weighted by Crippen LogP contribution is 2.27. The second-order valence-corrected chi connectivity index (χ2v) is 7.38. The van der Waals surface area contributed by atoms with E-state index in [9.17, 15) is 8.42 Å². The van der Waals surface area contributed by atoms with Crippen LogP contribution < -0.4 is 15.2 Å². The maximum absolute atomic E-state index is 11.3. The van der Waals surface area contributed by atoms with E-state index in [1.165, 1.54) is 12.1 Å². The first-order valence-corrected chi connectivity index (χ1v) is 9.61. The predicted octanol–water partition coefficient (Wildman–Crippen LogP) is 3.62. The summed E-state index contributed by atoms with van der Waals surface area (Å²) in [4.78, 5) is 0.0895. The molecule has 0 heterocycles. The number of methoxy groups -OCH3 is 1. The Kier molecular flexibility index (Phi) is 5.25. The smallest absolute Gasteiger partial charge is 0.238 e. The summed E-state index contributed by atoms with van der Waals surface area (Å²) in [6, 6.07) is 22.5. The second kappa shape index (κ2) is 7.59. The third-order valence-corrected chi connectivity index (χ3v) is 4.98. The highest BCUT2D eigenvalue weighted by Gasteiger charge is 2.08. The third kappa shape index (κ3) is 4.22. The SMILES string of the molecule is COc1ccc(-c2ccccc2)cc1CNc1ccc(S(N)(=O)=O)cc1. The fourth-order valence-electron chi connectivity index (χ4n) is 2.69. The molecule has 26 heavy (non-hydrogen) atoms. The summed E-state index contributed by atoms with van der Waals surface area (Å²) in [6.45, 7) is 0.540. The molecule has 0 bridgehead atoms. The molecule has 0 radical (unpaired) electrons. The fourth-order valence-corrected chi connectivity index (χ4v) is 3.20. The molecule has 0 saturated carbocycles. The first-order valence-electron chi connectivity index (χ1n) is 8.06. The van der Waals surface area contributed by atoms with Crippen molar-refractivity contribution in [3.05, 3.63) is 78.4 Å². The third-order valence-electron chi connectivity index (χ3n) is 4.05. The maximum Gasteiger partial charge on any atom is 0.238 e. The van der Waals surface area contributed by atoms with Crippen molar-refractivity contribution in [1.82, 2.24) is 0 Å². The van der Waals surface area contributed by atoms with Gasteiger partial charge in [-0.1, -0.05) is 36.4 Å². The summed E-state index contributed by atoms with van der Waals surface area (Å²) in [5.41, 5.74) is 4.04. The normalized spacial score (nSPS) is 11.2. The molecule has 3 N–H and O–H groups in total. The molecular weight excluding hydrogens is 348 g/mol. The fraction of sp³-hybridized carbons (Fsp3) is 0.100. The van der Waals surface area contributed by atoms with Crippen LogP contribution in [0.15, 0.2) is 77.7 Å². The van der Waals surface area contributed by atoms with Gasteiger partial charge in [-0.05, 0) is 47.5 Å². The van der Waals surface area contributed by atoms with Crippen LogP contribution in [0, 0.1) is 0 Å². The Morgan fingerprint density at radius 1 is 0.923 bits per heavy atom. The molecule has 0 spiro atoms. The Hall–Kier alpha value is -2.83. The number of hydrogen-bond acceptors (Lipinski definition) is 4. The summed E-state index contributed by atoms with van der Waals surface area (Å²) >= 11 is 0. The van der Waals surface area contributed by atoms with Gasteiger partial charge < -0.3 is 10.1 Å². The number of benzene rings is 3. The number of rotatable bonds is 6. The van der Waals surface area contributed by atoms with E-state index in [1.54, 1.807) is 19.2 Å². The molecule has 0 aliphatic heterocycles. The van der Waals surface area contributed by atoms with Gasteiger partial charge in [-0.15, -0.1) is 0 Å². The molecule has 3 rings (SSSR count). The summed E-state index contributed by atoms with van der Waals surface area (Å²) in [6.07, 6.45) is 0. The first-order chi connectivity index (χ1) is 12.5. The first kappa shape index (κ1) is 18.0. The van der Waals surface area contributed by atoms with Crippen molar-refractivity contribution in [2.45, 2.75) is 11.4 Å². The van der Waals surface area contributed by atoms with Crippen LogP contribution in [0.3, 0.4) is 0 Å². The molecule has 3 aromatic carbocycles. The van der Waals surface area contributed by atoms with Crippen molar-refractivity contribution in [3.8, 4) is 16.9 Å². The van der Waals surface area contributed by atoms with Gasteiger partial charge >= 0.3 is 0 Å². The van der Waals surface area contributed by atoms with Crippen LogP contribution in [0.1, 0.15) is 5.56 Å². The van der Waals surface area contributed by atoms with Crippen molar-refractivity contribution in [2.75, 3.05) is 12.4 Å². The minimum absolute atomic E-state index is 0.0895. The molecule has 0 aliphatic carbocycles. The molecule has 6 heteroatoms. The summed E-state index contributed by atoms with van der Waals surface area (Å²) < 4.78 is 28.1. The monoisotopic (exact) mass is 368 g/mol. The Morgan fingerprint density at radius 3 is 2.23 bits per heavy atom. The Balaban J connectivity index is 1.80. The lowest BCUT2D eigenvalue weighted by Crippen LogP contribution is -2.12. The lowest BCUT2D eigenvalue weighted by Gasteiger charge is -2.13. The largest absolute Gasteiger partial charge is 0.496 e. The van der Waals surface area contributed by atoms with Crippen LogP contribution in [0.4, 0.5) is 5.69 Å². The highest BCUT2D eigenvalue weighted by atomic mass is 32.2. The van der Waals surface area contributed by atoms with Crippen molar-refractivity contribution in [3.63, 3.8) is 0 Å². The molecule has 0 aliphatic rings. The zero-order chi connectivity index (χ0) is 18.6. The van der Waals surface area contributed by atoms with Crippen LogP contribution in [0.2, 0.25) is 0 Å². The van der Waals surface area contributed by atoms with E-state index >= 15 is 0 Å². The van der Waals surface area contributed by atoms with E-state index in [0.717, 1.165) is 28.1 Å². The van der Waals surface area contributed by atoms with Crippen LogP contribution in [0.5, 0.6) is 5.75 Å². The van der Waals surface area contributed by atoms with Gasteiger partial charge in [0.15, 0.2) is 0 Å². The average Bonchev–Trinajstić information content (AvgIpc) is 2.66. The summed E-state index contributed by atoms with van der Waals surface area (Å²) in [7, 11) is -2.04. The van der Waals surface area contributed by atoms with Gasteiger partial charge in [0.25, 0.3) is 0 Å². The molecule has 0 unspecified atom stereocenters. The van der Waals surface area contributed by atoms with Gasteiger partial charge in [-0.25, -0.2) is 13.6 Å². The molecule has 0 fully saturated rings. The van der Waals surface area contributed by atoms with Crippen LogP contribution in [0.25, 0.3) is 11.1 Å². The van der Waals surface area contributed by atoms with Gasteiger partial charge in [-0.2, -0.15) is 0 Å². The van der Waals surface area contributed by atoms with Gasteiger partial charge in [0.1, 0.15) is 5.75 Å². The molecular formula is C20H20N2O3S. The topological polar surface area (TPSA) is 81.4 Å². The number of primary sulfonamides is 1. The van der Waals surface area contributed by atoms with Crippen LogP contribution in [-0.2, 0) is 16.6 Å². The van der Waals surface area contributed by atoms with Crippen molar-refractivity contribution in [1.29, 1.82) is 0 Å². The second-order valence-electron chi connectivity index (χ2n) is 5.82. The lowest BCUT2D eigenvalue weighted by molar-refractivity contribution is 0.410. The minimum atomic E-state index is -3.68. The standard InChI is InChI=1S/C20H20N2O3S/c1-25-20-12-7-16(15-5-3-2-4-6-15)13-17(20)14-22-18-8-10-19(11-9-18)26(21,23)24/h2-13,22H,14H2,1H3,(H2,21,23,24). The molecule has 0 atom stereocenters. The van der Waals surface area contributed by atoms with E-state index < -0.39 is 10.0 Å². The van der Waals surface area contributed by atoms with E-state index in [2.05, 4.69) is 23.5 Å². The van der Waals surface area contributed by atoms with Crippen molar-refractivity contribution >= 4 is 15.7 Å². The maximum atomic E-state index is 11.3. The number of sulfonamides is 1. The highest BCUT2D eigenvalue weighted by molar-refractivity contribution is 7.89. The van der Waals surface area contributed by atoms with Gasteiger partial charge in [-0.3, -0.25) is 0 Å². The average molecular weight is 368 g/mol. The van der Waals surface area contributed by atoms with Gasteiger partial charge in [0, 0.05) is 17.8 Å². The lowest BCUT2D eigenvalue weighted by atomic mass is 10.0. The van der Waals surface area contributed by atoms with Gasteiger partial charge in [0.05, 0.1) is 12.0 Å². The summed E-state index contributed by atoms with van der Waals surface area (Å²) in [5.74, 6) is 0.790. The van der Waals surface area contributed by atoms with E-state index in [0.29, 0.717) is 6.54 Å². The Bertz CT molecular complexity index is 985. The summed E-state index contributed by atoms with van der Waals surface area (Å²) in [5, 5.41) is 8.39. The molecule has 0 saturated heterocycles. The van der Waals surface area contributed by atoms with E-state index in [-0.39, 0.29) is 4.90 Å². The van der Waals surface area contributed by atoms with E-state index in [1.807, 2.05) is 30.3 Å². The number of nitrogens with two attached hydrogens (primary N) is 1. The molecule has 0 amide bonds. The van der Waals surface area contributed by atoms with Crippen LogP contribution in [-0.4, -0.2) is 15.5 Å². The Labute approximate surface area is 153 Å². The molecule has 134 valence electrons. The zero-order valence-corrected chi connectivity index (χ0v) is 15.2. The molecule has 5 nitrogen and oxygen atoms in total. The number of nitrogens with one attached hydrogen (secondary N) is 1. The number of hydrogen-bond donors (Lipinski definition) is 2. The number of ether oxygens (including phenoxy) is 1. The van der Waals surface area contributed by atoms with Crippen molar-refractivity contribution in [2.24, 2.45) is 5.14 Å². The van der Waals surface area contributed by atoms with Gasteiger partial charge in [0.2, 0.25) is 10.0 Å². The molecule has 3 aromatic rings. The minimum Gasteiger partial charge on any atom is -0.496 e. The molecule has 0 aromatic heterocycles. The quantitative estimate of drug-likeness (QED) is 0.696. The zero-order valence-electron chi connectivity index (χ0n) is 14.3. The van der Waals surface area contributed by atoms with E-state index in [4.69, 9.17) is 9.88 Å². The number of anilines is 1. The predicted molar refractivity (Wildman–Crippen MR) is 104 cm³/mol. The Morgan fingerprint density at radius 2 is 1.62 bits per heavy atom. The van der Waals surface area contributed by atoms with Crippen molar-refractivity contribution < 1.29 is 13.2 Å².